The van der Waals surface area contributed by atoms with E-state index in [1.807, 2.05) is 61.5 Å². The SMILES string of the molecule is Cc1ccccc1OCC1=NN2C(=N)/C(=C\c3ccccc3)C(=O)N=C2S1. The van der Waals surface area contributed by atoms with Crippen molar-refractivity contribution in [2.75, 3.05) is 6.61 Å². The summed E-state index contributed by atoms with van der Waals surface area (Å²) in [6, 6.07) is 17.1. The van der Waals surface area contributed by atoms with Crippen LogP contribution in [0, 0.1) is 12.3 Å². The lowest BCUT2D eigenvalue weighted by Gasteiger charge is -2.20. The first-order valence-corrected chi connectivity index (χ1v) is 9.16. The zero-order valence-corrected chi connectivity index (χ0v) is 15.4. The summed E-state index contributed by atoms with van der Waals surface area (Å²) < 4.78 is 5.81. The van der Waals surface area contributed by atoms with Gasteiger partial charge in [0.15, 0.2) is 5.84 Å². The molecule has 1 N–H and O–H groups in total. The molecular formula is C20H16N4O2S. The van der Waals surface area contributed by atoms with Gasteiger partial charge in [-0.05, 0) is 42.0 Å². The fourth-order valence-electron chi connectivity index (χ4n) is 2.66. The van der Waals surface area contributed by atoms with Gasteiger partial charge in [-0.3, -0.25) is 10.2 Å². The van der Waals surface area contributed by atoms with Crippen LogP contribution in [0.1, 0.15) is 11.1 Å². The Balaban J connectivity index is 1.53. The molecule has 6 nitrogen and oxygen atoms in total. The van der Waals surface area contributed by atoms with E-state index >= 15 is 0 Å². The average Bonchev–Trinajstić information content (AvgIpc) is 3.08. The summed E-state index contributed by atoms with van der Waals surface area (Å²) in [6.45, 7) is 2.23. The number of nitrogens with one attached hydrogen (secondary N) is 1. The number of carbonyl (C=O) groups excluding carboxylic acids is 1. The van der Waals surface area contributed by atoms with Gasteiger partial charge in [0.05, 0.1) is 5.57 Å². The van der Waals surface area contributed by atoms with Crippen molar-refractivity contribution in [3.8, 4) is 5.75 Å². The lowest BCUT2D eigenvalue weighted by atomic mass is 10.1. The van der Waals surface area contributed by atoms with Gasteiger partial charge in [0.2, 0.25) is 5.17 Å². The fourth-order valence-corrected chi connectivity index (χ4v) is 3.46. The number of amides is 1. The number of nitrogens with zero attached hydrogens (tertiary/aromatic N) is 3. The van der Waals surface area contributed by atoms with Crippen molar-refractivity contribution in [1.82, 2.24) is 5.01 Å². The first-order valence-electron chi connectivity index (χ1n) is 8.34. The highest BCUT2D eigenvalue weighted by Gasteiger charge is 2.35. The van der Waals surface area contributed by atoms with Crippen molar-refractivity contribution in [2.45, 2.75) is 6.92 Å². The zero-order valence-electron chi connectivity index (χ0n) is 14.5. The Labute approximate surface area is 160 Å². The third kappa shape index (κ3) is 3.54. The van der Waals surface area contributed by atoms with Gasteiger partial charge in [0.1, 0.15) is 17.4 Å². The molecule has 0 spiro atoms. The number of hydrazone groups is 1. The summed E-state index contributed by atoms with van der Waals surface area (Å²) in [5, 5.41) is 15.2. The van der Waals surface area contributed by atoms with E-state index in [0.717, 1.165) is 16.9 Å². The van der Waals surface area contributed by atoms with Crippen LogP contribution in [0.15, 0.2) is 70.3 Å². The van der Waals surface area contributed by atoms with Crippen molar-refractivity contribution in [3.05, 3.63) is 71.3 Å². The number of hydrogen-bond acceptors (Lipinski definition) is 5. The molecule has 0 atom stereocenters. The molecule has 1 amide bonds. The van der Waals surface area contributed by atoms with Gasteiger partial charge in [-0.15, -0.1) is 0 Å². The van der Waals surface area contributed by atoms with Crippen LogP contribution in [0.5, 0.6) is 5.75 Å². The number of carbonyl (C=O) groups is 1. The van der Waals surface area contributed by atoms with Gasteiger partial charge in [-0.1, -0.05) is 48.5 Å². The number of aliphatic imine (C=N–C) groups is 1. The predicted octanol–water partition coefficient (Wildman–Crippen LogP) is 3.69. The quantitative estimate of drug-likeness (QED) is 0.826. The van der Waals surface area contributed by atoms with Crippen molar-refractivity contribution in [3.63, 3.8) is 0 Å². The van der Waals surface area contributed by atoms with Crippen LogP contribution in [0.3, 0.4) is 0 Å². The molecule has 2 heterocycles. The molecule has 0 unspecified atom stereocenters. The van der Waals surface area contributed by atoms with Crippen LogP contribution in [-0.4, -0.2) is 33.6 Å². The maximum Gasteiger partial charge on any atom is 0.283 e. The number of thioether (sulfide) groups is 1. The van der Waals surface area contributed by atoms with Gasteiger partial charge in [0, 0.05) is 0 Å². The smallest absolute Gasteiger partial charge is 0.283 e. The number of para-hydroxylation sites is 1. The minimum atomic E-state index is -0.432. The summed E-state index contributed by atoms with van der Waals surface area (Å²) in [5.74, 6) is 0.370. The largest absolute Gasteiger partial charge is 0.486 e. The van der Waals surface area contributed by atoms with Crippen molar-refractivity contribution >= 4 is 39.8 Å². The van der Waals surface area contributed by atoms with Crippen LogP contribution in [0.4, 0.5) is 0 Å². The highest BCUT2D eigenvalue weighted by atomic mass is 32.2. The zero-order chi connectivity index (χ0) is 18.8. The summed E-state index contributed by atoms with van der Waals surface area (Å²) in [6.07, 6.45) is 1.66. The summed E-state index contributed by atoms with van der Waals surface area (Å²) in [4.78, 5) is 16.4. The maximum atomic E-state index is 12.4. The first kappa shape index (κ1) is 17.2. The Hall–Kier alpha value is -3.19. The van der Waals surface area contributed by atoms with E-state index in [-0.39, 0.29) is 18.0 Å². The molecule has 0 aliphatic carbocycles. The summed E-state index contributed by atoms with van der Waals surface area (Å²) in [5.41, 5.74) is 2.09. The number of hydrogen-bond donors (Lipinski definition) is 1. The minimum absolute atomic E-state index is 0.0206. The second-order valence-electron chi connectivity index (χ2n) is 5.98. The Morgan fingerprint density at radius 2 is 1.89 bits per heavy atom. The van der Waals surface area contributed by atoms with Gasteiger partial charge >= 0.3 is 0 Å². The molecule has 0 bridgehead atoms. The molecule has 0 radical (unpaired) electrons. The lowest BCUT2D eigenvalue weighted by Crippen LogP contribution is -2.35. The topological polar surface area (TPSA) is 78.1 Å². The number of ether oxygens (including phenoxy) is 1. The number of rotatable bonds is 4. The fraction of sp³-hybridized carbons (Fsp3) is 0.100. The lowest BCUT2D eigenvalue weighted by molar-refractivity contribution is -0.114. The second kappa shape index (κ2) is 7.20. The molecule has 7 heteroatoms. The Morgan fingerprint density at radius 1 is 1.15 bits per heavy atom. The highest BCUT2D eigenvalue weighted by molar-refractivity contribution is 8.27. The molecule has 2 aliphatic rings. The Morgan fingerprint density at radius 3 is 2.67 bits per heavy atom. The molecule has 2 aromatic rings. The number of benzene rings is 2. The number of amidine groups is 2. The number of aryl methyl sites for hydroxylation is 1. The monoisotopic (exact) mass is 376 g/mol. The van der Waals surface area contributed by atoms with E-state index in [1.165, 1.54) is 16.8 Å². The molecule has 0 aromatic heterocycles. The van der Waals surface area contributed by atoms with Gasteiger partial charge in [-0.25, -0.2) is 0 Å². The van der Waals surface area contributed by atoms with E-state index in [1.54, 1.807) is 6.08 Å². The predicted molar refractivity (Wildman–Crippen MR) is 108 cm³/mol. The Bertz CT molecular complexity index is 1010. The van der Waals surface area contributed by atoms with Crippen LogP contribution in [0.25, 0.3) is 6.08 Å². The third-order valence-corrected chi connectivity index (χ3v) is 4.93. The maximum absolute atomic E-state index is 12.4. The van der Waals surface area contributed by atoms with Crippen molar-refractivity contribution in [1.29, 1.82) is 5.41 Å². The normalized spacial score (nSPS) is 17.7. The summed E-state index contributed by atoms with van der Waals surface area (Å²) in [7, 11) is 0. The third-order valence-electron chi connectivity index (χ3n) is 4.05. The highest BCUT2D eigenvalue weighted by Crippen LogP contribution is 2.29. The Kier molecular flexibility index (Phi) is 4.60. The van der Waals surface area contributed by atoms with Gasteiger partial charge < -0.3 is 4.74 Å². The molecule has 2 aromatic carbocycles. The van der Waals surface area contributed by atoms with E-state index < -0.39 is 5.91 Å². The molecule has 4 rings (SSSR count). The molecule has 0 saturated carbocycles. The first-order chi connectivity index (χ1) is 13.1. The molecule has 0 fully saturated rings. The van der Waals surface area contributed by atoms with Crippen LogP contribution in [0.2, 0.25) is 0 Å². The van der Waals surface area contributed by atoms with Crippen LogP contribution in [-0.2, 0) is 4.79 Å². The molecule has 2 aliphatic heterocycles. The molecular weight excluding hydrogens is 360 g/mol. The van der Waals surface area contributed by atoms with Crippen molar-refractivity contribution in [2.24, 2.45) is 10.1 Å². The van der Waals surface area contributed by atoms with E-state index in [0.29, 0.717) is 10.2 Å². The minimum Gasteiger partial charge on any atom is -0.486 e. The molecule has 134 valence electrons. The van der Waals surface area contributed by atoms with Gasteiger partial charge in [0.25, 0.3) is 5.91 Å². The number of fused-ring (bicyclic) bond motifs is 1. The van der Waals surface area contributed by atoms with Crippen LogP contribution >= 0.6 is 11.8 Å². The molecule has 0 saturated heterocycles. The molecule has 27 heavy (non-hydrogen) atoms. The van der Waals surface area contributed by atoms with E-state index in [4.69, 9.17) is 10.1 Å². The van der Waals surface area contributed by atoms with Gasteiger partial charge in [-0.2, -0.15) is 15.1 Å². The van der Waals surface area contributed by atoms with Crippen molar-refractivity contribution < 1.29 is 9.53 Å². The summed E-state index contributed by atoms with van der Waals surface area (Å²) >= 11 is 1.25. The second-order valence-corrected chi connectivity index (χ2v) is 7.02. The average molecular weight is 376 g/mol. The standard InChI is InChI=1S/C20H16N4O2S/c1-13-7-5-6-10-16(13)26-12-17-23-24-18(21)15(19(25)22-20(24)27-17)11-14-8-3-2-4-9-14/h2-11,21H,12H2,1H3/b15-11+,21-18?. The van der Waals surface area contributed by atoms with Crippen LogP contribution < -0.4 is 4.74 Å². The van der Waals surface area contributed by atoms with E-state index in [2.05, 4.69) is 10.1 Å². The van der Waals surface area contributed by atoms with E-state index in [9.17, 15) is 4.79 Å².